The molecule has 0 bridgehead atoms. The van der Waals surface area contributed by atoms with Gasteiger partial charge in [0.25, 0.3) is 5.91 Å². The van der Waals surface area contributed by atoms with Crippen molar-refractivity contribution in [1.82, 2.24) is 19.4 Å². The zero-order valence-corrected chi connectivity index (χ0v) is 21.6. The Morgan fingerprint density at radius 3 is 2.62 bits per heavy atom. The summed E-state index contributed by atoms with van der Waals surface area (Å²) in [6.45, 7) is 3.17. The fourth-order valence-corrected chi connectivity index (χ4v) is 5.65. The Kier molecular flexibility index (Phi) is 5.34. The number of nitrogens with zero attached hydrogens (tertiary/aromatic N) is 3. The number of amides is 1. The minimum Gasteiger partial charge on any atom is -0.491 e. The van der Waals surface area contributed by atoms with Crippen LogP contribution in [0.2, 0.25) is 0 Å². The summed E-state index contributed by atoms with van der Waals surface area (Å²) < 4.78 is 31.8. The van der Waals surface area contributed by atoms with Gasteiger partial charge in [-0.15, -0.1) is 0 Å². The largest absolute Gasteiger partial charge is 0.491 e. The lowest BCUT2D eigenvalue weighted by Crippen LogP contribution is -2.33. The molecular weight excluding hydrogens is 488 g/mol. The number of aryl methyl sites for hydroxylation is 2. The van der Waals surface area contributed by atoms with Crippen LogP contribution in [0.4, 0.5) is 0 Å². The molecule has 1 amide bonds. The monoisotopic (exact) mass is 514 g/mol. The molecule has 8 nitrogen and oxygen atoms in total. The number of aromatic amines is 1. The van der Waals surface area contributed by atoms with E-state index in [9.17, 15) is 13.2 Å². The molecule has 5 aromatic rings. The van der Waals surface area contributed by atoms with Crippen molar-refractivity contribution in [3.8, 4) is 16.9 Å². The Morgan fingerprint density at radius 1 is 1.03 bits per heavy atom. The average Bonchev–Trinajstić information content (AvgIpc) is 3.31. The number of carbonyl (C=O) groups excluding carboxylic acids is 1. The lowest BCUT2D eigenvalue weighted by molar-refractivity contribution is 0.0724. The maximum absolute atomic E-state index is 13.7. The maximum Gasteiger partial charge on any atom is 0.270 e. The van der Waals surface area contributed by atoms with Crippen LogP contribution in [0, 0.1) is 6.92 Å². The Bertz CT molecular complexity index is 1820. The normalized spacial score (nSPS) is 14.0. The predicted octanol–water partition coefficient (Wildman–Crippen LogP) is 4.47. The number of fused-ring (bicyclic) bond motifs is 3. The van der Waals surface area contributed by atoms with Crippen LogP contribution in [-0.4, -0.2) is 53.2 Å². The first kappa shape index (κ1) is 23.3. The standard InChI is InChI=1S/C28H26N4O4S/c1-17-29-23-7-4-19(14-24(23)30-17)18-5-9-27-21(12-18)16-32(10-11-36-27)28(33)26-15-20-13-22(37(3,34)35)6-8-25(20)31(26)2/h4-9,12-15H,10-11,16H2,1-3H3,(H,29,30). The van der Waals surface area contributed by atoms with Gasteiger partial charge < -0.3 is 19.2 Å². The smallest absolute Gasteiger partial charge is 0.270 e. The number of H-pyrrole nitrogens is 1. The minimum absolute atomic E-state index is 0.129. The Morgan fingerprint density at radius 2 is 1.81 bits per heavy atom. The molecule has 0 fully saturated rings. The van der Waals surface area contributed by atoms with Crippen LogP contribution >= 0.6 is 0 Å². The molecule has 3 aromatic carbocycles. The van der Waals surface area contributed by atoms with Gasteiger partial charge in [-0.3, -0.25) is 4.79 Å². The first-order valence-electron chi connectivity index (χ1n) is 12.0. The number of hydrogen-bond donors (Lipinski definition) is 1. The van der Waals surface area contributed by atoms with Crippen LogP contribution in [0.5, 0.6) is 5.75 Å². The molecule has 6 rings (SSSR count). The first-order valence-corrected chi connectivity index (χ1v) is 13.9. The fourth-order valence-electron chi connectivity index (χ4n) is 4.99. The van der Waals surface area contributed by atoms with Crippen molar-refractivity contribution < 1.29 is 17.9 Å². The highest BCUT2D eigenvalue weighted by molar-refractivity contribution is 7.90. The molecule has 0 unspecified atom stereocenters. The van der Waals surface area contributed by atoms with E-state index in [1.165, 1.54) is 6.26 Å². The SMILES string of the molecule is Cc1nc2ccc(-c3ccc4c(c3)CN(C(=O)c3cc5cc(S(C)(=O)=O)ccc5n3C)CCO4)cc2[nH]1. The summed E-state index contributed by atoms with van der Waals surface area (Å²) in [7, 11) is -1.52. The summed E-state index contributed by atoms with van der Waals surface area (Å²) in [5.41, 5.74) is 6.22. The van der Waals surface area contributed by atoms with E-state index in [2.05, 4.69) is 22.1 Å². The van der Waals surface area contributed by atoms with Crippen molar-refractivity contribution in [3.63, 3.8) is 0 Å². The number of imidazole rings is 1. The third-order valence-corrected chi connectivity index (χ3v) is 8.03. The van der Waals surface area contributed by atoms with Gasteiger partial charge >= 0.3 is 0 Å². The summed E-state index contributed by atoms with van der Waals surface area (Å²) >= 11 is 0. The van der Waals surface area contributed by atoms with Crippen LogP contribution in [0.25, 0.3) is 33.1 Å². The third-order valence-electron chi connectivity index (χ3n) is 6.92. The van der Waals surface area contributed by atoms with Gasteiger partial charge in [-0.05, 0) is 66.6 Å². The number of rotatable bonds is 3. The number of carbonyl (C=O) groups is 1. The maximum atomic E-state index is 13.7. The van der Waals surface area contributed by atoms with E-state index in [1.807, 2.05) is 42.8 Å². The van der Waals surface area contributed by atoms with Gasteiger partial charge in [-0.25, -0.2) is 13.4 Å². The van der Waals surface area contributed by atoms with Gasteiger partial charge in [0.1, 0.15) is 23.9 Å². The van der Waals surface area contributed by atoms with Crippen LogP contribution < -0.4 is 4.74 Å². The molecular formula is C28H26N4O4S. The zero-order chi connectivity index (χ0) is 25.9. The summed E-state index contributed by atoms with van der Waals surface area (Å²) in [6, 6.07) is 18.9. The lowest BCUT2D eigenvalue weighted by atomic mass is 10.0. The molecule has 0 aliphatic carbocycles. The molecule has 37 heavy (non-hydrogen) atoms. The molecule has 0 saturated carbocycles. The Labute approximate surface area is 214 Å². The Hall–Kier alpha value is -4.11. The molecule has 2 aromatic heterocycles. The average molecular weight is 515 g/mol. The molecule has 0 atom stereocenters. The molecule has 0 radical (unpaired) electrons. The number of nitrogens with one attached hydrogen (secondary N) is 1. The highest BCUT2D eigenvalue weighted by atomic mass is 32.2. The van der Waals surface area contributed by atoms with Gasteiger partial charge in [0.15, 0.2) is 9.84 Å². The second-order valence-electron chi connectivity index (χ2n) is 9.53. The minimum atomic E-state index is -3.34. The van der Waals surface area contributed by atoms with Gasteiger partial charge in [0.05, 0.1) is 22.5 Å². The molecule has 1 N–H and O–H groups in total. The third kappa shape index (κ3) is 4.15. The molecule has 1 aliphatic heterocycles. The Balaban J connectivity index is 1.33. The highest BCUT2D eigenvalue weighted by Crippen LogP contribution is 2.31. The lowest BCUT2D eigenvalue weighted by Gasteiger charge is -2.20. The van der Waals surface area contributed by atoms with E-state index in [0.717, 1.165) is 44.8 Å². The topological polar surface area (TPSA) is 97.3 Å². The first-order chi connectivity index (χ1) is 17.7. The van der Waals surface area contributed by atoms with Crippen LogP contribution in [0.3, 0.4) is 0 Å². The molecule has 9 heteroatoms. The van der Waals surface area contributed by atoms with E-state index in [-0.39, 0.29) is 10.8 Å². The van der Waals surface area contributed by atoms with E-state index in [1.54, 1.807) is 29.2 Å². The summed E-state index contributed by atoms with van der Waals surface area (Å²) in [5, 5.41) is 0.715. The van der Waals surface area contributed by atoms with Gasteiger partial charge in [-0.1, -0.05) is 12.1 Å². The predicted molar refractivity (Wildman–Crippen MR) is 143 cm³/mol. The highest BCUT2D eigenvalue weighted by Gasteiger charge is 2.24. The van der Waals surface area contributed by atoms with Crippen molar-refractivity contribution in [2.24, 2.45) is 7.05 Å². The number of hydrogen-bond acceptors (Lipinski definition) is 5. The number of benzene rings is 3. The second-order valence-corrected chi connectivity index (χ2v) is 11.5. The second kappa shape index (κ2) is 8.48. The van der Waals surface area contributed by atoms with Crippen molar-refractivity contribution in [3.05, 3.63) is 77.7 Å². The molecule has 1 aliphatic rings. The zero-order valence-electron chi connectivity index (χ0n) is 20.8. The van der Waals surface area contributed by atoms with Gasteiger partial charge in [0, 0.05) is 36.3 Å². The quantitative estimate of drug-likeness (QED) is 0.383. The van der Waals surface area contributed by atoms with Crippen molar-refractivity contribution in [2.75, 3.05) is 19.4 Å². The fraction of sp³-hybridized carbons (Fsp3) is 0.214. The van der Waals surface area contributed by atoms with Gasteiger partial charge in [0.2, 0.25) is 0 Å². The molecule has 0 saturated heterocycles. The van der Waals surface area contributed by atoms with Gasteiger partial charge in [-0.2, -0.15) is 0 Å². The van der Waals surface area contributed by atoms with Crippen LogP contribution in [0.1, 0.15) is 21.9 Å². The van der Waals surface area contributed by atoms with Crippen molar-refractivity contribution in [2.45, 2.75) is 18.4 Å². The molecule has 3 heterocycles. The number of sulfone groups is 1. The van der Waals surface area contributed by atoms with E-state index in [4.69, 9.17) is 4.74 Å². The van der Waals surface area contributed by atoms with Crippen molar-refractivity contribution in [1.29, 1.82) is 0 Å². The van der Waals surface area contributed by atoms with Crippen LogP contribution in [-0.2, 0) is 23.4 Å². The summed E-state index contributed by atoms with van der Waals surface area (Å²) in [4.78, 5) is 23.4. The molecule has 0 spiro atoms. The summed E-state index contributed by atoms with van der Waals surface area (Å²) in [5.74, 6) is 1.51. The van der Waals surface area contributed by atoms with Crippen LogP contribution in [0.15, 0.2) is 65.6 Å². The summed E-state index contributed by atoms with van der Waals surface area (Å²) in [6.07, 6.45) is 1.18. The van der Waals surface area contributed by atoms with Crippen molar-refractivity contribution >= 4 is 37.7 Å². The number of aromatic nitrogens is 3. The van der Waals surface area contributed by atoms with E-state index >= 15 is 0 Å². The van der Waals surface area contributed by atoms with E-state index < -0.39 is 9.84 Å². The number of ether oxygens (including phenoxy) is 1. The van der Waals surface area contributed by atoms with E-state index in [0.29, 0.717) is 30.8 Å². The molecule has 188 valence electrons.